The van der Waals surface area contributed by atoms with Crippen LogP contribution in [-0.4, -0.2) is 31.6 Å². The molecule has 1 fully saturated rings. The number of nitrogens with two attached hydrogens (primary N) is 1. The Balaban J connectivity index is 2.37. The van der Waals surface area contributed by atoms with Gasteiger partial charge in [0.2, 0.25) is 0 Å². The average Bonchev–Trinajstić information content (AvgIpc) is 2.25. The molecule has 0 bridgehead atoms. The van der Waals surface area contributed by atoms with E-state index in [-0.39, 0.29) is 0 Å². The Bertz CT molecular complexity index is 168. The van der Waals surface area contributed by atoms with Crippen molar-refractivity contribution in [1.29, 1.82) is 0 Å². The topological polar surface area (TPSA) is 29.3 Å². The third-order valence-electron chi connectivity index (χ3n) is 3.95. The van der Waals surface area contributed by atoms with Gasteiger partial charge in [-0.3, -0.25) is 0 Å². The smallest absolute Gasteiger partial charge is 0.00819 e. The molecule has 0 radical (unpaired) electrons. The highest BCUT2D eigenvalue weighted by atomic mass is 15.0. The third kappa shape index (κ3) is 4.12. The summed E-state index contributed by atoms with van der Waals surface area (Å²) in [5.74, 6) is 1.69. The van der Waals surface area contributed by atoms with Gasteiger partial charge in [0.15, 0.2) is 0 Å². The SMILES string of the molecule is CCC1CCCCC1C(N)CCN(C)C. The van der Waals surface area contributed by atoms with Crippen molar-refractivity contribution < 1.29 is 0 Å². The Morgan fingerprint density at radius 3 is 2.53 bits per heavy atom. The maximum Gasteiger partial charge on any atom is 0.00819 e. The lowest BCUT2D eigenvalue weighted by atomic mass is 9.73. The highest BCUT2D eigenvalue weighted by Crippen LogP contribution is 2.34. The van der Waals surface area contributed by atoms with E-state index in [2.05, 4.69) is 25.9 Å². The van der Waals surface area contributed by atoms with Crippen molar-refractivity contribution in [1.82, 2.24) is 4.90 Å². The highest BCUT2D eigenvalue weighted by Gasteiger charge is 2.28. The minimum absolute atomic E-state index is 0.428. The van der Waals surface area contributed by atoms with Crippen molar-refractivity contribution in [3.05, 3.63) is 0 Å². The second kappa shape index (κ2) is 6.49. The normalized spacial score (nSPS) is 29.4. The first-order chi connectivity index (χ1) is 7.15. The molecular formula is C13H28N2. The molecule has 3 unspecified atom stereocenters. The molecule has 15 heavy (non-hydrogen) atoms. The lowest BCUT2D eigenvalue weighted by molar-refractivity contribution is 0.183. The molecule has 1 aliphatic rings. The van der Waals surface area contributed by atoms with Crippen LogP contribution in [-0.2, 0) is 0 Å². The molecule has 2 heteroatoms. The Morgan fingerprint density at radius 1 is 1.27 bits per heavy atom. The molecule has 0 heterocycles. The molecule has 0 saturated heterocycles. The molecular weight excluding hydrogens is 184 g/mol. The van der Waals surface area contributed by atoms with E-state index in [0.717, 1.165) is 24.8 Å². The average molecular weight is 212 g/mol. The van der Waals surface area contributed by atoms with E-state index in [1.54, 1.807) is 0 Å². The summed E-state index contributed by atoms with van der Waals surface area (Å²) in [6, 6.07) is 0.428. The van der Waals surface area contributed by atoms with E-state index >= 15 is 0 Å². The fraction of sp³-hybridized carbons (Fsp3) is 1.00. The Hall–Kier alpha value is -0.0800. The summed E-state index contributed by atoms with van der Waals surface area (Å²) in [4.78, 5) is 2.24. The number of hydrogen-bond acceptors (Lipinski definition) is 2. The zero-order valence-electron chi connectivity index (χ0n) is 10.7. The summed E-state index contributed by atoms with van der Waals surface area (Å²) < 4.78 is 0. The zero-order valence-corrected chi connectivity index (χ0v) is 10.7. The quantitative estimate of drug-likeness (QED) is 0.758. The fourth-order valence-corrected chi connectivity index (χ4v) is 2.93. The van der Waals surface area contributed by atoms with Gasteiger partial charge in [-0.2, -0.15) is 0 Å². The van der Waals surface area contributed by atoms with Crippen LogP contribution in [0.1, 0.15) is 45.4 Å². The van der Waals surface area contributed by atoms with Gasteiger partial charge in [0.25, 0.3) is 0 Å². The van der Waals surface area contributed by atoms with Crippen molar-refractivity contribution in [3.8, 4) is 0 Å². The van der Waals surface area contributed by atoms with Crippen molar-refractivity contribution in [2.24, 2.45) is 17.6 Å². The van der Waals surface area contributed by atoms with Gasteiger partial charge in [-0.25, -0.2) is 0 Å². The Morgan fingerprint density at radius 2 is 1.93 bits per heavy atom. The lowest BCUT2D eigenvalue weighted by Crippen LogP contribution is -2.38. The summed E-state index contributed by atoms with van der Waals surface area (Å²) in [6.45, 7) is 3.45. The first-order valence-corrected chi connectivity index (χ1v) is 6.55. The van der Waals surface area contributed by atoms with Crippen molar-refractivity contribution in [2.75, 3.05) is 20.6 Å². The third-order valence-corrected chi connectivity index (χ3v) is 3.95. The predicted octanol–water partition coefficient (Wildman–Crippen LogP) is 2.48. The minimum atomic E-state index is 0.428. The zero-order chi connectivity index (χ0) is 11.3. The second-order valence-corrected chi connectivity index (χ2v) is 5.37. The molecule has 3 atom stereocenters. The van der Waals surface area contributed by atoms with Gasteiger partial charge in [-0.1, -0.05) is 32.6 Å². The molecule has 1 saturated carbocycles. The van der Waals surface area contributed by atoms with Crippen LogP contribution in [0.3, 0.4) is 0 Å². The highest BCUT2D eigenvalue weighted by molar-refractivity contribution is 4.82. The van der Waals surface area contributed by atoms with Crippen LogP contribution in [0.15, 0.2) is 0 Å². The van der Waals surface area contributed by atoms with Gasteiger partial charge in [-0.05, 0) is 45.3 Å². The van der Waals surface area contributed by atoms with Gasteiger partial charge in [0.1, 0.15) is 0 Å². The molecule has 0 amide bonds. The fourth-order valence-electron chi connectivity index (χ4n) is 2.93. The Labute approximate surface area is 95.2 Å². The molecule has 0 aromatic heterocycles. The van der Waals surface area contributed by atoms with E-state index in [4.69, 9.17) is 5.73 Å². The maximum atomic E-state index is 6.34. The second-order valence-electron chi connectivity index (χ2n) is 5.37. The summed E-state index contributed by atoms with van der Waals surface area (Å²) in [7, 11) is 4.26. The Kier molecular flexibility index (Phi) is 5.62. The van der Waals surface area contributed by atoms with E-state index in [1.165, 1.54) is 32.1 Å². The van der Waals surface area contributed by atoms with Crippen molar-refractivity contribution in [2.45, 2.75) is 51.5 Å². The molecule has 1 rings (SSSR count). The van der Waals surface area contributed by atoms with E-state index in [1.807, 2.05) is 0 Å². The van der Waals surface area contributed by atoms with Crippen LogP contribution >= 0.6 is 0 Å². The van der Waals surface area contributed by atoms with Gasteiger partial charge in [0.05, 0.1) is 0 Å². The maximum absolute atomic E-state index is 6.34. The van der Waals surface area contributed by atoms with E-state index in [9.17, 15) is 0 Å². The molecule has 0 aromatic carbocycles. The molecule has 0 aromatic rings. The van der Waals surface area contributed by atoms with Crippen molar-refractivity contribution >= 4 is 0 Å². The van der Waals surface area contributed by atoms with Gasteiger partial charge < -0.3 is 10.6 Å². The lowest BCUT2D eigenvalue weighted by Gasteiger charge is -2.35. The minimum Gasteiger partial charge on any atom is -0.327 e. The van der Waals surface area contributed by atoms with Crippen LogP contribution in [0.25, 0.3) is 0 Å². The van der Waals surface area contributed by atoms with Gasteiger partial charge in [0, 0.05) is 6.04 Å². The van der Waals surface area contributed by atoms with Crippen LogP contribution in [0, 0.1) is 11.8 Å². The number of rotatable bonds is 5. The summed E-state index contributed by atoms with van der Waals surface area (Å²) in [5, 5.41) is 0. The standard InChI is InChI=1S/C13H28N2/c1-4-11-7-5-6-8-12(11)13(14)9-10-15(2)3/h11-13H,4-10,14H2,1-3H3. The van der Waals surface area contributed by atoms with E-state index < -0.39 is 0 Å². The van der Waals surface area contributed by atoms with Crippen LogP contribution in [0.5, 0.6) is 0 Å². The monoisotopic (exact) mass is 212 g/mol. The molecule has 0 aliphatic heterocycles. The van der Waals surface area contributed by atoms with Crippen LogP contribution in [0.2, 0.25) is 0 Å². The summed E-state index contributed by atoms with van der Waals surface area (Å²) in [5.41, 5.74) is 6.34. The predicted molar refractivity (Wildman–Crippen MR) is 66.9 cm³/mol. The first-order valence-electron chi connectivity index (χ1n) is 6.55. The van der Waals surface area contributed by atoms with Crippen LogP contribution in [0.4, 0.5) is 0 Å². The van der Waals surface area contributed by atoms with Gasteiger partial charge in [-0.15, -0.1) is 0 Å². The summed E-state index contributed by atoms with van der Waals surface area (Å²) >= 11 is 0. The molecule has 1 aliphatic carbocycles. The van der Waals surface area contributed by atoms with Crippen LogP contribution < -0.4 is 5.73 Å². The van der Waals surface area contributed by atoms with Crippen molar-refractivity contribution in [3.63, 3.8) is 0 Å². The van der Waals surface area contributed by atoms with Gasteiger partial charge >= 0.3 is 0 Å². The largest absolute Gasteiger partial charge is 0.327 e. The molecule has 2 nitrogen and oxygen atoms in total. The molecule has 2 N–H and O–H groups in total. The molecule has 0 spiro atoms. The number of hydrogen-bond donors (Lipinski definition) is 1. The van der Waals surface area contributed by atoms with E-state index in [0.29, 0.717) is 6.04 Å². The number of nitrogens with zero attached hydrogens (tertiary/aromatic N) is 1. The molecule has 90 valence electrons. The summed E-state index contributed by atoms with van der Waals surface area (Å²) in [6.07, 6.45) is 8.09. The first kappa shape index (κ1) is 13.0.